The molecule has 0 fully saturated rings. The molecule has 23 heavy (non-hydrogen) atoms. The monoisotopic (exact) mass is 307 g/mol. The van der Waals surface area contributed by atoms with E-state index < -0.39 is 0 Å². The van der Waals surface area contributed by atoms with Crippen LogP contribution in [0.5, 0.6) is 0 Å². The summed E-state index contributed by atoms with van der Waals surface area (Å²) in [6.07, 6.45) is 1.18. The Morgan fingerprint density at radius 2 is 1.96 bits per heavy atom. The van der Waals surface area contributed by atoms with Gasteiger partial charge in [-0.25, -0.2) is 0 Å². The van der Waals surface area contributed by atoms with E-state index >= 15 is 0 Å². The van der Waals surface area contributed by atoms with Crippen LogP contribution >= 0.6 is 0 Å². The quantitative estimate of drug-likeness (QED) is 0.878. The number of ketones is 1. The summed E-state index contributed by atoms with van der Waals surface area (Å²) in [5.74, 6) is 0.0338. The minimum Gasteiger partial charge on any atom is -0.392 e. The molecule has 0 spiro atoms. The molecule has 1 aliphatic rings. The zero-order valence-corrected chi connectivity index (χ0v) is 13.5. The molecule has 0 atom stereocenters. The van der Waals surface area contributed by atoms with E-state index in [0.717, 1.165) is 23.3 Å². The number of carbonyl (C=O) groups is 1. The molecule has 2 aromatic rings. The van der Waals surface area contributed by atoms with E-state index in [9.17, 15) is 9.90 Å². The van der Waals surface area contributed by atoms with Crippen LogP contribution < -0.4 is 0 Å². The zero-order valence-electron chi connectivity index (χ0n) is 13.5. The summed E-state index contributed by atoms with van der Waals surface area (Å²) in [6.45, 7) is 4.14. The van der Waals surface area contributed by atoms with Crippen molar-refractivity contribution in [2.45, 2.75) is 38.8 Å². The maximum absolute atomic E-state index is 12.6. The predicted octanol–water partition coefficient (Wildman–Crippen LogP) is 3.58. The van der Waals surface area contributed by atoms with Gasteiger partial charge in [0.05, 0.1) is 24.3 Å². The Morgan fingerprint density at radius 1 is 1.17 bits per heavy atom. The van der Waals surface area contributed by atoms with Gasteiger partial charge in [-0.3, -0.25) is 9.79 Å². The van der Waals surface area contributed by atoms with Crippen LogP contribution in [0.1, 0.15) is 47.3 Å². The Hall–Kier alpha value is -2.26. The van der Waals surface area contributed by atoms with E-state index in [-0.39, 0.29) is 24.3 Å². The highest BCUT2D eigenvalue weighted by Crippen LogP contribution is 2.28. The largest absolute Gasteiger partial charge is 0.392 e. The van der Waals surface area contributed by atoms with Gasteiger partial charge in [0, 0.05) is 5.56 Å². The van der Waals surface area contributed by atoms with Crippen molar-refractivity contribution in [3.05, 3.63) is 70.8 Å². The number of hydrogen-bond donors (Lipinski definition) is 1. The number of Topliss-reactive ketones (excluding diaryl/α,β-unsaturated/α-hetero) is 1. The molecule has 0 radical (unpaired) electrons. The van der Waals surface area contributed by atoms with E-state index in [1.165, 1.54) is 5.56 Å². The summed E-state index contributed by atoms with van der Waals surface area (Å²) < 4.78 is 0. The fourth-order valence-corrected chi connectivity index (χ4v) is 3.12. The average Bonchev–Trinajstić information content (AvgIpc) is 2.53. The fraction of sp³-hybridized carbons (Fsp3) is 0.300. The zero-order chi connectivity index (χ0) is 16.4. The first-order valence-electron chi connectivity index (χ1n) is 7.88. The van der Waals surface area contributed by atoms with Crippen molar-refractivity contribution in [3.8, 4) is 0 Å². The summed E-state index contributed by atoms with van der Waals surface area (Å²) in [6, 6.07) is 15.3. The number of rotatable bonds is 4. The third-order valence-electron chi connectivity index (χ3n) is 4.15. The van der Waals surface area contributed by atoms with Crippen LogP contribution in [0.3, 0.4) is 0 Å². The Bertz CT molecular complexity index is 775. The molecule has 3 rings (SSSR count). The third kappa shape index (κ3) is 3.40. The molecule has 1 heterocycles. The summed E-state index contributed by atoms with van der Waals surface area (Å²) in [7, 11) is 0. The number of benzene rings is 2. The lowest BCUT2D eigenvalue weighted by atomic mass is 9.85. The lowest BCUT2D eigenvalue weighted by Gasteiger charge is -2.29. The van der Waals surface area contributed by atoms with E-state index in [1.54, 1.807) is 18.2 Å². The standard InChI is InChI=1S/C20H21NO2/c1-20(2)12-16-7-3-4-9-17(16)18(21-20)11-19(23)15-8-5-6-14(10-15)13-22/h3-10,22H,11-13H2,1-2H3. The first-order valence-corrected chi connectivity index (χ1v) is 7.88. The smallest absolute Gasteiger partial charge is 0.168 e. The Kier molecular flexibility index (Phi) is 4.14. The minimum atomic E-state index is -0.184. The van der Waals surface area contributed by atoms with Gasteiger partial charge >= 0.3 is 0 Å². The Balaban J connectivity index is 1.91. The first kappa shape index (κ1) is 15.6. The van der Waals surface area contributed by atoms with Crippen LogP contribution in [0, 0.1) is 0 Å². The highest BCUT2D eigenvalue weighted by Gasteiger charge is 2.27. The number of aliphatic hydroxyl groups is 1. The highest BCUT2D eigenvalue weighted by molar-refractivity contribution is 6.16. The van der Waals surface area contributed by atoms with Gasteiger partial charge in [0.25, 0.3) is 0 Å². The van der Waals surface area contributed by atoms with E-state index in [2.05, 4.69) is 19.9 Å². The van der Waals surface area contributed by atoms with Gasteiger partial charge < -0.3 is 5.11 Å². The number of hydrogen-bond acceptors (Lipinski definition) is 3. The SMILES string of the molecule is CC1(C)Cc2ccccc2C(CC(=O)c2cccc(CO)c2)=N1. The lowest BCUT2D eigenvalue weighted by Crippen LogP contribution is -2.29. The summed E-state index contributed by atoms with van der Waals surface area (Å²) in [4.78, 5) is 17.4. The fourth-order valence-electron chi connectivity index (χ4n) is 3.12. The van der Waals surface area contributed by atoms with E-state index in [1.807, 2.05) is 24.3 Å². The van der Waals surface area contributed by atoms with Crippen molar-refractivity contribution in [1.29, 1.82) is 0 Å². The molecule has 0 aromatic heterocycles. The molecule has 1 N–H and O–H groups in total. The van der Waals surface area contributed by atoms with Crippen LogP contribution in [0.25, 0.3) is 0 Å². The molecule has 3 nitrogen and oxygen atoms in total. The van der Waals surface area contributed by atoms with Gasteiger partial charge in [0.1, 0.15) is 0 Å². The number of aliphatic hydroxyl groups excluding tert-OH is 1. The van der Waals surface area contributed by atoms with Crippen molar-refractivity contribution in [1.82, 2.24) is 0 Å². The molecule has 0 bridgehead atoms. The van der Waals surface area contributed by atoms with Crippen LogP contribution in [0.4, 0.5) is 0 Å². The average molecular weight is 307 g/mol. The van der Waals surface area contributed by atoms with Crippen molar-refractivity contribution < 1.29 is 9.90 Å². The topological polar surface area (TPSA) is 49.7 Å². The van der Waals surface area contributed by atoms with E-state index in [0.29, 0.717) is 5.56 Å². The van der Waals surface area contributed by atoms with Crippen LogP contribution in [0.15, 0.2) is 53.5 Å². The second kappa shape index (κ2) is 6.09. The normalized spacial score (nSPS) is 15.7. The molecule has 0 aliphatic carbocycles. The number of nitrogens with zero attached hydrogens (tertiary/aromatic N) is 1. The van der Waals surface area contributed by atoms with Crippen molar-refractivity contribution in [2.75, 3.05) is 0 Å². The predicted molar refractivity (Wildman–Crippen MR) is 92.1 cm³/mol. The molecule has 1 aliphatic heterocycles. The lowest BCUT2D eigenvalue weighted by molar-refractivity contribution is 0.100. The van der Waals surface area contributed by atoms with Crippen molar-refractivity contribution in [3.63, 3.8) is 0 Å². The summed E-state index contributed by atoms with van der Waals surface area (Å²) >= 11 is 0. The van der Waals surface area contributed by atoms with Gasteiger partial charge in [0.15, 0.2) is 5.78 Å². The summed E-state index contributed by atoms with van der Waals surface area (Å²) in [5.41, 5.74) is 4.38. The number of fused-ring (bicyclic) bond motifs is 1. The molecule has 3 heteroatoms. The maximum atomic E-state index is 12.6. The Morgan fingerprint density at radius 3 is 2.74 bits per heavy atom. The van der Waals surface area contributed by atoms with Crippen LogP contribution in [-0.2, 0) is 13.0 Å². The highest BCUT2D eigenvalue weighted by atomic mass is 16.3. The van der Waals surface area contributed by atoms with Gasteiger partial charge in [-0.1, -0.05) is 42.5 Å². The van der Waals surface area contributed by atoms with Gasteiger partial charge in [-0.05, 0) is 43.0 Å². The first-order chi connectivity index (χ1) is 11.0. The summed E-state index contributed by atoms with van der Waals surface area (Å²) in [5, 5.41) is 9.23. The van der Waals surface area contributed by atoms with Crippen LogP contribution in [-0.4, -0.2) is 22.1 Å². The Labute approximate surface area is 136 Å². The van der Waals surface area contributed by atoms with Gasteiger partial charge in [0.2, 0.25) is 0 Å². The van der Waals surface area contributed by atoms with Crippen molar-refractivity contribution in [2.24, 2.45) is 4.99 Å². The molecule has 0 unspecified atom stereocenters. The number of aliphatic imine (C=N–C) groups is 1. The molecular formula is C20H21NO2. The maximum Gasteiger partial charge on any atom is 0.168 e. The molecular weight excluding hydrogens is 286 g/mol. The van der Waals surface area contributed by atoms with Gasteiger partial charge in [-0.15, -0.1) is 0 Å². The molecule has 2 aromatic carbocycles. The van der Waals surface area contributed by atoms with Gasteiger partial charge in [-0.2, -0.15) is 0 Å². The second-order valence-corrected chi connectivity index (χ2v) is 6.66. The molecule has 118 valence electrons. The molecule has 0 saturated heterocycles. The van der Waals surface area contributed by atoms with Crippen LogP contribution in [0.2, 0.25) is 0 Å². The molecule has 0 amide bonds. The molecule has 0 saturated carbocycles. The second-order valence-electron chi connectivity index (χ2n) is 6.66. The third-order valence-corrected chi connectivity index (χ3v) is 4.15. The minimum absolute atomic E-state index is 0.0338. The van der Waals surface area contributed by atoms with Crippen molar-refractivity contribution >= 4 is 11.5 Å². The van der Waals surface area contributed by atoms with E-state index in [4.69, 9.17) is 4.99 Å². The number of carbonyl (C=O) groups excluding carboxylic acids is 1.